The van der Waals surface area contributed by atoms with Gasteiger partial charge in [0.2, 0.25) is 5.88 Å². The molecule has 126 valence electrons. The molecule has 0 aliphatic carbocycles. The van der Waals surface area contributed by atoms with Gasteiger partial charge in [-0.15, -0.1) is 0 Å². The van der Waals surface area contributed by atoms with Crippen LogP contribution < -0.4 is 4.74 Å². The van der Waals surface area contributed by atoms with E-state index in [4.69, 9.17) is 13.9 Å². The van der Waals surface area contributed by atoms with E-state index in [1.165, 1.54) is 0 Å². The highest BCUT2D eigenvalue weighted by Crippen LogP contribution is 2.36. The molecule has 0 unspecified atom stereocenters. The van der Waals surface area contributed by atoms with Gasteiger partial charge in [-0.25, -0.2) is 4.98 Å². The Morgan fingerprint density at radius 2 is 2.29 bits per heavy atom. The molecular formula is C17H19N3O4. The lowest BCUT2D eigenvalue weighted by Gasteiger charge is -2.52. The molecule has 2 aliphatic rings. The zero-order chi connectivity index (χ0) is 16.6. The Labute approximate surface area is 139 Å². The van der Waals surface area contributed by atoms with Crippen LogP contribution in [0, 0.1) is 6.92 Å². The largest absolute Gasteiger partial charge is 0.473 e. The molecule has 2 fully saturated rings. The molecule has 0 N–H and O–H groups in total. The van der Waals surface area contributed by atoms with Crippen molar-refractivity contribution in [3.05, 3.63) is 42.2 Å². The average Bonchev–Trinajstić information content (AvgIpc) is 2.99. The smallest absolute Gasteiger partial charge is 0.290 e. The third-order valence-corrected chi connectivity index (χ3v) is 4.58. The van der Waals surface area contributed by atoms with Gasteiger partial charge in [-0.05, 0) is 13.0 Å². The van der Waals surface area contributed by atoms with Crippen LogP contribution in [0.25, 0.3) is 0 Å². The van der Waals surface area contributed by atoms with Crippen molar-refractivity contribution in [2.45, 2.75) is 31.5 Å². The zero-order valence-corrected chi connectivity index (χ0v) is 13.5. The third kappa shape index (κ3) is 2.75. The summed E-state index contributed by atoms with van der Waals surface area (Å²) in [5.41, 5.74) is 0.538. The van der Waals surface area contributed by atoms with E-state index in [0.717, 1.165) is 18.4 Å². The summed E-state index contributed by atoms with van der Waals surface area (Å²) >= 11 is 0. The number of carbonyl (C=O) groups excluding carboxylic acids is 1. The lowest BCUT2D eigenvalue weighted by Crippen LogP contribution is -2.67. The number of amides is 1. The fourth-order valence-electron chi connectivity index (χ4n) is 3.35. The number of aryl methyl sites for hydroxylation is 1. The van der Waals surface area contributed by atoms with Gasteiger partial charge in [0.05, 0.1) is 32.2 Å². The Bertz CT molecular complexity index is 724. The predicted octanol–water partition coefficient (Wildman–Crippen LogP) is 1.83. The van der Waals surface area contributed by atoms with Crippen molar-refractivity contribution in [3.8, 4) is 5.88 Å². The molecule has 1 spiro atoms. The van der Waals surface area contributed by atoms with E-state index >= 15 is 0 Å². The second-order valence-corrected chi connectivity index (χ2v) is 6.40. The number of rotatable bonds is 3. The van der Waals surface area contributed by atoms with E-state index in [-0.39, 0.29) is 17.6 Å². The predicted molar refractivity (Wildman–Crippen MR) is 83.7 cm³/mol. The Morgan fingerprint density at radius 1 is 1.42 bits per heavy atom. The van der Waals surface area contributed by atoms with Crippen LogP contribution >= 0.6 is 0 Å². The first-order valence-electron chi connectivity index (χ1n) is 8.05. The number of carbonyl (C=O) groups is 1. The topological polar surface area (TPSA) is 77.7 Å². The Kier molecular flexibility index (Phi) is 3.72. The monoisotopic (exact) mass is 329 g/mol. The molecule has 0 saturated carbocycles. The molecule has 4 heterocycles. The van der Waals surface area contributed by atoms with Crippen LogP contribution in [-0.2, 0) is 4.74 Å². The van der Waals surface area contributed by atoms with Crippen molar-refractivity contribution in [1.82, 2.24) is 14.9 Å². The maximum absolute atomic E-state index is 12.4. The van der Waals surface area contributed by atoms with Gasteiger partial charge >= 0.3 is 0 Å². The van der Waals surface area contributed by atoms with Gasteiger partial charge in [-0.1, -0.05) is 0 Å². The molecule has 2 aromatic heterocycles. The van der Waals surface area contributed by atoms with Crippen LogP contribution in [-0.4, -0.2) is 52.2 Å². The van der Waals surface area contributed by atoms with Crippen molar-refractivity contribution >= 4 is 5.91 Å². The first kappa shape index (κ1) is 15.1. The lowest BCUT2D eigenvalue weighted by molar-refractivity contribution is -0.174. The van der Waals surface area contributed by atoms with Crippen LogP contribution in [0.5, 0.6) is 5.88 Å². The lowest BCUT2D eigenvalue weighted by atomic mass is 9.84. The highest BCUT2D eigenvalue weighted by molar-refractivity contribution is 5.93. The fraction of sp³-hybridized carbons (Fsp3) is 0.471. The van der Waals surface area contributed by atoms with Gasteiger partial charge in [0, 0.05) is 30.8 Å². The second-order valence-electron chi connectivity index (χ2n) is 6.40. The molecule has 4 rings (SSSR count). The molecule has 2 aromatic rings. The number of hydrogen-bond donors (Lipinski definition) is 0. The van der Waals surface area contributed by atoms with E-state index in [2.05, 4.69) is 9.97 Å². The highest BCUT2D eigenvalue weighted by Gasteiger charge is 2.50. The van der Waals surface area contributed by atoms with Gasteiger partial charge < -0.3 is 18.8 Å². The van der Waals surface area contributed by atoms with Crippen LogP contribution in [0.2, 0.25) is 0 Å². The normalized spacial score (nSPS) is 22.2. The minimum Gasteiger partial charge on any atom is -0.473 e. The molecule has 2 aliphatic heterocycles. The Balaban J connectivity index is 1.37. The van der Waals surface area contributed by atoms with Crippen molar-refractivity contribution in [2.24, 2.45) is 0 Å². The maximum atomic E-state index is 12.4. The minimum absolute atomic E-state index is 0.0260. The fourth-order valence-corrected chi connectivity index (χ4v) is 3.35. The van der Waals surface area contributed by atoms with Gasteiger partial charge in [0.25, 0.3) is 5.91 Å². The maximum Gasteiger partial charge on any atom is 0.290 e. The number of hydrogen-bond acceptors (Lipinski definition) is 6. The Hall–Kier alpha value is -2.41. The summed E-state index contributed by atoms with van der Waals surface area (Å²) in [6.45, 7) is 3.61. The van der Waals surface area contributed by atoms with Crippen molar-refractivity contribution in [1.29, 1.82) is 0 Å². The number of ether oxygens (including phenoxy) is 2. The first-order chi connectivity index (χ1) is 11.7. The number of likely N-dealkylation sites (tertiary alicyclic amines) is 1. The van der Waals surface area contributed by atoms with E-state index < -0.39 is 0 Å². The summed E-state index contributed by atoms with van der Waals surface area (Å²) in [7, 11) is 0. The molecule has 0 aromatic carbocycles. The summed E-state index contributed by atoms with van der Waals surface area (Å²) in [6, 6.07) is 1.80. The number of nitrogens with zero attached hydrogens (tertiary/aromatic N) is 3. The number of aromatic nitrogens is 2. The zero-order valence-electron chi connectivity index (χ0n) is 13.5. The molecular weight excluding hydrogens is 310 g/mol. The van der Waals surface area contributed by atoms with E-state index in [1.807, 2.05) is 6.92 Å². The molecule has 1 amide bonds. The van der Waals surface area contributed by atoms with Crippen molar-refractivity contribution in [3.63, 3.8) is 0 Å². The standard InChI is InChI=1S/C17H19N3O4/c1-12-2-6-22-15(12)16(21)20-10-17(11-20)8-13(3-7-23-17)24-14-9-18-4-5-19-14/h2,4-6,9,13H,3,7-8,10-11H2,1H3/t13-/m0/s1. The highest BCUT2D eigenvalue weighted by atomic mass is 16.5. The van der Waals surface area contributed by atoms with E-state index in [1.54, 1.807) is 35.8 Å². The molecule has 7 nitrogen and oxygen atoms in total. The van der Waals surface area contributed by atoms with Gasteiger partial charge in [-0.2, -0.15) is 0 Å². The summed E-state index contributed by atoms with van der Waals surface area (Å²) < 4.78 is 17.1. The third-order valence-electron chi connectivity index (χ3n) is 4.58. The quantitative estimate of drug-likeness (QED) is 0.855. The van der Waals surface area contributed by atoms with Gasteiger partial charge in [0.1, 0.15) is 11.7 Å². The van der Waals surface area contributed by atoms with E-state index in [0.29, 0.717) is 31.3 Å². The minimum atomic E-state index is -0.318. The summed E-state index contributed by atoms with van der Waals surface area (Å²) in [4.78, 5) is 22.4. The molecule has 0 radical (unpaired) electrons. The van der Waals surface area contributed by atoms with E-state index in [9.17, 15) is 4.79 Å². The Morgan fingerprint density at radius 3 is 3.00 bits per heavy atom. The van der Waals surface area contributed by atoms with Crippen LogP contribution in [0.1, 0.15) is 29.0 Å². The van der Waals surface area contributed by atoms with Crippen molar-refractivity contribution in [2.75, 3.05) is 19.7 Å². The van der Waals surface area contributed by atoms with Crippen LogP contribution in [0.15, 0.2) is 35.3 Å². The first-order valence-corrected chi connectivity index (χ1v) is 8.05. The van der Waals surface area contributed by atoms with Crippen molar-refractivity contribution < 1.29 is 18.7 Å². The molecule has 24 heavy (non-hydrogen) atoms. The molecule has 2 saturated heterocycles. The van der Waals surface area contributed by atoms with Crippen LogP contribution in [0.3, 0.4) is 0 Å². The molecule has 1 atom stereocenters. The summed E-state index contributed by atoms with van der Waals surface area (Å²) in [6.07, 6.45) is 7.95. The van der Waals surface area contributed by atoms with Gasteiger partial charge in [-0.3, -0.25) is 9.78 Å². The average molecular weight is 329 g/mol. The number of furan rings is 1. The summed E-state index contributed by atoms with van der Waals surface area (Å²) in [5, 5.41) is 0. The second kappa shape index (κ2) is 5.90. The van der Waals surface area contributed by atoms with Crippen LogP contribution in [0.4, 0.5) is 0 Å². The molecule has 7 heteroatoms. The molecule has 0 bridgehead atoms. The van der Waals surface area contributed by atoms with Gasteiger partial charge in [0.15, 0.2) is 5.76 Å². The summed E-state index contributed by atoms with van der Waals surface area (Å²) in [5.74, 6) is 0.856. The SMILES string of the molecule is Cc1ccoc1C(=O)N1CC2(C[C@@H](Oc3cnccn3)CCO2)C1.